The second-order valence-electron chi connectivity index (χ2n) is 5.93. The second-order valence-corrected chi connectivity index (χ2v) is 6.96. The summed E-state index contributed by atoms with van der Waals surface area (Å²) in [5.41, 5.74) is 1.07. The zero-order chi connectivity index (χ0) is 14.9. The van der Waals surface area contributed by atoms with Crippen LogP contribution in [0.1, 0.15) is 49.3 Å². The van der Waals surface area contributed by atoms with Crippen LogP contribution in [0.5, 0.6) is 0 Å². The third-order valence-electron chi connectivity index (χ3n) is 2.95. The van der Waals surface area contributed by atoms with Crippen LogP contribution in [-0.2, 0) is 5.41 Å². The van der Waals surface area contributed by atoms with Crippen molar-refractivity contribution in [3.63, 3.8) is 0 Å². The Hall–Kier alpha value is -1.49. The SMILES string of the molecule is Cc1nc(C(C)(C)C)sc1C(C)Nc1cccc(F)n1. The molecule has 2 heterocycles. The van der Waals surface area contributed by atoms with Crippen LogP contribution in [0.2, 0.25) is 0 Å². The van der Waals surface area contributed by atoms with Gasteiger partial charge in [-0.3, -0.25) is 0 Å². The molecule has 0 aliphatic carbocycles. The molecule has 0 amide bonds. The van der Waals surface area contributed by atoms with E-state index < -0.39 is 5.95 Å². The Morgan fingerprint density at radius 2 is 1.95 bits per heavy atom. The van der Waals surface area contributed by atoms with E-state index in [1.165, 1.54) is 10.9 Å². The maximum absolute atomic E-state index is 13.1. The van der Waals surface area contributed by atoms with Crippen LogP contribution in [-0.4, -0.2) is 9.97 Å². The average molecular weight is 293 g/mol. The molecule has 0 spiro atoms. The Labute approximate surface area is 123 Å². The predicted octanol–water partition coefficient (Wildman–Crippen LogP) is 4.46. The molecule has 0 saturated heterocycles. The molecule has 1 atom stereocenters. The van der Waals surface area contributed by atoms with Crippen LogP contribution >= 0.6 is 11.3 Å². The number of rotatable bonds is 3. The number of nitrogens with one attached hydrogen (secondary N) is 1. The normalized spacial score (nSPS) is 13.3. The lowest BCUT2D eigenvalue weighted by atomic mass is 9.98. The van der Waals surface area contributed by atoms with Gasteiger partial charge in [-0.05, 0) is 26.0 Å². The summed E-state index contributed by atoms with van der Waals surface area (Å²) in [6, 6.07) is 4.81. The quantitative estimate of drug-likeness (QED) is 0.849. The van der Waals surface area contributed by atoms with E-state index in [1.54, 1.807) is 23.5 Å². The van der Waals surface area contributed by atoms with Gasteiger partial charge < -0.3 is 5.32 Å². The topological polar surface area (TPSA) is 37.8 Å². The fourth-order valence-electron chi connectivity index (χ4n) is 1.91. The van der Waals surface area contributed by atoms with Gasteiger partial charge in [0, 0.05) is 10.3 Å². The highest BCUT2D eigenvalue weighted by atomic mass is 32.1. The molecule has 1 N–H and O–H groups in total. The number of pyridine rings is 1. The molecule has 2 aromatic rings. The van der Waals surface area contributed by atoms with Crippen molar-refractivity contribution < 1.29 is 4.39 Å². The van der Waals surface area contributed by atoms with Crippen LogP contribution in [0, 0.1) is 12.9 Å². The molecule has 3 nitrogen and oxygen atoms in total. The van der Waals surface area contributed by atoms with Crippen LogP contribution in [0.4, 0.5) is 10.2 Å². The second kappa shape index (κ2) is 5.48. The summed E-state index contributed by atoms with van der Waals surface area (Å²) in [4.78, 5) is 9.64. The van der Waals surface area contributed by atoms with Crippen LogP contribution in [0.25, 0.3) is 0 Å². The van der Waals surface area contributed by atoms with E-state index in [2.05, 4.69) is 36.1 Å². The lowest BCUT2D eigenvalue weighted by Gasteiger charge is -2.15. The van der Waals surface area contributed by atoms with Gasteiger partial charge in [0.1, 0.15) is 5.82 Å². The van der Waals surface area contributed by atoms with E-state index in [9.17, 15) is 4.39 Å². The highest BCUT2D eigenvalue weighted by Gasteiger charge is 2.22. The van der Waals surface area contributed by atoms with E-state index >= 15 is 0 Å². The molecule has 20 heavy (non-hydrogen) atoms. The van der Waals surface area contributed by atoms with E-state index in [0.717, 1.165) is 10.7 Å². The van der Waals surface area contributed by atoms with E-state index in [-0.39, 0.29) is 11.5 Å². The summed E-state index contributed by atoms with van der Waals surface area (Å²) >= 11 is 1.70. The van der Waals surface area contributed by atoms with Crippen molar-refractivity contribution in [1.29, 1.82) is 0 Å². The fraction of sp³-hybridized carbons (Fsp3) is 0.467. The Bertz CT molecular complexity index is 601. The number of nitrogens with zero attached hydrogens (tertiary/aromatic N) is 2. The lowest BCUT2D eigenvalue weighted by molar-refractivity contribution is 0.583. The van der Waals surface area contributed by atoms with Gasteiger partial charge in [-0.25, -0.2) is 9.97 Å². The van der Waals surface area contributed by atoms with E-state index in [0.29, 0.717) is 5.82 Å². The van der Waals surface area contributed by atoms with Crippen molar-refractivity contribution in [2.75, 3.05) is 5.32 Å². The highest BCUT2D eigenvalue weighted by Crippen LogP contribution is 2.33. The van der Waals surface area contributed by atoms with Crippen LogP contribution in [0.15, 0.2) is 18.2 Å². The standard InChI is InChI=1S/C15H20FN3S/c1-9(17-12-8-6-7-11(16)19-12)13-10(2)18-14(20-13)15(3,4)5/h6-9H,1-5H3,(H,17,19). The van der Waals surface area contributed by atoms with Crippen LogP contribution in [0.3, 0.4) is 0 Å². The number of aryl methyl sites for hydroxylation is 1. The van der Waals surface area contributed by atoms with Crippen molar-refractivity contribution in [1.82, 2.24) is 9.97 Å². The fourth-order valence-corrected chi connectivity index (χ4v) is 3.03. The first-order chi connectivity index (χ1) is 9.27. The first-order valence-corrected chi connectivity index (χ1v) is 7.46. The summed E-state index contributed by atoms with van der Waals surface area (Å²) in [6.45, 7) is 10.5. The van der Waals surface area contributed by atoms with Crippen molar-refractivity contribution in [2.24, 2.45) is 0 Å². The molecule has 1 unspecified atom stereocenters. The summed E-state index contributed by atoms with van der Waals surface area (Å²) in [6.07, 6.45) is 0. The molecule has 0 aliphatic heterocycles. The van der Waals surface area contributed by atoms with Gasteiger partial charge in [-0.1, -0.05) is 26.8 Å². The molecule has 0 saturated carbocycles. The van der Waals surface area contributed by atoms with Gasteiger partial charge in [-0.15, -0.1) is 11.3 Å². The minimum absolute atomic E-state index is 0.0461. The predicted molar refractivity (Wildman–Crippen MR) is 81.8 cm³/mol. The minimum Gasteiger partial charge on any atom is -0.363 e. The summed E-state index contributed by atoms with van der Waals surface area (Å²) in [5.74, 6) is 0.0706. The monoisotopic (exact) mass is 293 g/mol. The van der Waals surface area contributed by atoms with Crippen molar-refractivity contribution >= 4 is 17.2 Å². The number of aromatic nitrogens is 2. The first kappa shape index (κ1) is 14.9. The molecular formula is C15H20FN3S. The van der Waals surface area contributed by atoms with Gasteiger partial charge in [0.05, 0.1) is 16.7 Å². The molecular weight excluding hydrogens is 273 g/mol. The molecule has 0 aromatic carbocycles. The maximum Gasteiger partial charge on any atom is 0.214 e. The van der Waals surface area contributed by atoms with Gasteiger partial charge in [-0.2, -0.15) is 4.39 Å². The number of thiazole rings is 1. The molecule has 0 radical (unpaired) electrons. The number of hydrogen-bond donors (Lipinski definition) is 1. The summed E-state index contributed by atoms with van der Waals surface area (Å²) in [5, 5.41) is 4.34. The van der Waals surface area contributed by atoms with Crippen molar-refractivity contribution in [3.8, 4) is 0 Å². The van der Waals surface area contributed by atoms with E-state index in [1.807, 2.05) is 13.8 Å². The third kappa shape index (κ3) is 3.33. The Morgan fingerprint density at radius 1 is 1.25 bits per heavy atom. The zero-order valence-electron chi connectivity index (χ0n) is 12.5. The molecule has 108 valence electrons. The zero-order valence-corrected chi connectivity index (χ0v) is 13.3. The van der Waals surface area contributed by atoms with Crippen molar-refractivity contribution in [2.45, 2.75) is 46.1 Å². The lowest BCUT2D eigenvalue weighted by Crippen LogP contribution is -2.10. The smallest absolute Gasteiger partial charge is 0.214 e. The number of hydrogen-bond acceptors (Lipinski definition) is 4. The van der Waals surface area contributed by atoms with Crippen LogP contribution < -0.4 is 5.32 Å². The molecule has 2 aromatic heterocycles. The molecule has 0 aliphatic rings. The molecule has 5 heteroatoms. The van der Waals surface area contributed by atoms with Crippen molar-refractivity contribution in [3.05, 3.63) is 39.7 Å². The third-order valence-corrected chi connectivity index (χ3v) is 4.71. The number of halogens is 1. The minimum atomic E-state index is -0.474. The summed E-state index contributed by atoms with van der Waals surface area (Å²) < 4.78 is 13.1. The molecule has 0 fully saturated rings. The summed E-state index contributed by atoms with van der Waals surface area (Å²) in [7, 11) is 0. The maximum atomic E-state index is 13.1. The van der Waals surface area contributed by atoms with Gasteiger partial charge >= 0.3 is 0 Å². The Balaban J connectivity index is 2.21. The van der Waals surface area contributed by atoms with Gasteiger partial charge in [0.2, 0.25) is 5.95 Å². The largest absolute Gasteiger partial charge is 0.363 e. The molecule has 0 bridgehead atoms. The number of anilines is 1. The Kier molecular flexibility index (Phi) is 4.09. The van der Waals surface area contributed by atoms with E-state index in [4.69, 9.17) is 0 Å². The first-order valence-electron chi connectivity index (χ1n) is 6.64. The van der Waals surface area contributed by atoms with Gasteiger partial charge in [0.25, 0.3) is 0 Å². The Morgan fingerprint density at radius 3 is 2.50 bits per heavy atom. The van der Waals surface area contributed by atoms with Gasteiger partial charge in [0.15, 0.2) is 0 Å². The average Bonchev–Trinajstić information content (AvgIpc) is 2.71. The highest BCUT2D eigenvalue weighted by molar-refractivity contribution is 7.12. The molecule has 2 rings (SSSR count).